The number of carbonyl (C=O) groups is 2. The van der Waals surface area contributed by atoms with Crippen LogP contribution in [0, 0.1) is 0 Å². The number of amides is 2. The maximum absolute atomic E-state index is 12.0. The Bertz CT molecular complexity index is 808. The Balaban J connectivity index is 1.91. The van der Waals surface area contributed by atoms with Crippen molar-refractivity contribution in [1.29, 1.82) is 0 Å². The van der Waals surface area contributed by atoms with E-state index < -0.39 is 22.0 Å². The topological polar surface area (TPSA) is 105 Å². The fourth-order valence-electron chi connectivity index (χ4n) is 1.98. The van der Waals surface area contributed by atoms with Crippen LogP contribution in [0.3, 0.4) is 0 Å². The Kier molecular flexibility index (Phi) is 5.64. The molecule has 0 aliphatic carbocycles. The lowest BCUT2D eigenvalue weighted by molar-refractivity contribution is -0.119. The van der Waals surface area contributed by atoms with E-state index in [-0.39, 0.29) is 17.2 Å². The van der Waals surface area contributed by atoms with Crippen LogP contribution in [-0.2, 0) is 14.8 Å². The summed E-state index contributed by atoms with van der Waals surface area (Å²) in [6, 6.07) is 10.8. The number of benzene rings is 1. The summed E-state index contributed by atoms with van der Waals surface area (Å²) in [7, 11) is -3.96. The highest BCUT2D eigenvalue weighted by Crippen LogP contribution is 2.06. The average Bonchev–Trinajstić information content (AvgIpc) is 2.55. The van der Waals surface area contributed by atoms with Crippen LogP contribution in [0.2, 0.25) is 0 Å². The summed E-state index contributed by atoms with van der Waals surface area (Å²) in [5.41, 5.74) is 0.465. The Morgan fingerprint density at radius 2 is 1.83 bits per heavy atom. The summed E-state index contributed by atoms with van der Waals surface area (Å²) < 4.78 is 26.0. The van der Waals surface area contributed by atoms with Crippen molar-refractivity contribution in [2.24, 2.45) is 0 Å². The van der Waals surface area contributed by atoms with E-state index in [1.165, 1.54) is 18.3 Å². The molecule has 0 radical (unpaired) electrons. The molecule has 24 heavy (non-hydrogen) atoms. The third-order valence-electron chi connectivity index (χ3n) is 3.10. The zero-order valence-corrected chi connectivity index (χ0v) is 13.8. The van der Waals surface area contributed by atoms with Gasteiger partial charge in [-0.3, -0.25) is 14.6 Å². The van der Waals surface area contributed by atoms with Crippen LogP contribution in [0.4, 0.5) is 0 Å². The highest BCUT2D eigenvalue weighted by Gasteiger charge is 2.20. The van der Waals surface area contributed by atoms with Gasteiger partial charge in [-0.15, -0.1) is 0 Å². The Labute approximate surface area is 140 Å². The van der Waals surface area contributed by atoms with Crippen molar-refractivity contribution in [1.82, 2.24) is 15.0 Å². The third kappa shape index (κ3) is 4.88. The summed E-state index contributed by atoms with van der Waals surface area (Å²) in [6.07, 6.45) is 2.41. The second-order valence-corrected chi connectivity index (χ2v) is 6.84. The Morgan fingerprint density at radius 3 is 2.46 bits per heavy atom. The molecular weight excluding hydrogens is 330 g/mol. The van der Waals surface area contributed by atoms with Crippen LogP contribution in [0.1, 0.15) is 23.7 Å². The van der Waals surface area contributed by atoms with E-state index in [0.717, 1.165) is 6.20 Å². The van der Waals surface area contributed by atoms with Gasteiger partial charge in [0, 0.05) is 30.4 Å². The van der Waals surface area contributed by atoms with Gasteiger partial charge in [-0.2, -0.15) is 0 Å². The fourth-order valence-corrected chi connectivity index (χ4v) is 2.94. The summed E-state index contributed by atoms with van der Waals surface area (Å²) in [5, 5.41) is 2.65. The highest BCUT2D eigenvalue weighted by molar-refractivity contribution is 7.90. The maximum atomic E-state index is 12.0. The van der Waals surface area contributed by atoms with Crippen molar-refractivity contribution in [3.05, 3.63) is 60.4 Å². The van der Waals surface area contributed by atoms with Gasteiger partial charge in [0.2, 0.25) is 5.91 Å². The van der Waals surface area contributed by atoms with Crippen LogP contribution in [0.5, 0.6) is 0 Å². The molecule has 0 saturated heterocycles. The number of nitrogens with zero attached hydrogens (tertiary/aromatic N) is 1. The lowest BCUT2D eigenvalue weighted by Crippen LogP contribution is -2.39. The van der Waals surface area contributed by atoms with Crippen LogP contribution in [0.15, 0.2) is 59.8 Å². The molecule has 1 aromatic heterocycles. The number of carbonyl (C=O) groups excluding carboxylic acids is 2. The van der Waals surface area contributed by atoms with Gasteiger partial charge in [-0.05, 0) is 31.2 Å². The van der Waals surface area contributed by atoms with Gasteiger partial charge in [-0.1, -0.05) is 18.2 Å². The maximum Gasteiger partial charge on any atom is 0.265 e. The standard InChI is InChI=1S/C16H17N3O4S/c1-12(18-16(21)13-6-3-2-4-7-13)10-15(20)19-24(22,23)14-8-5-9-17-11-14/h2-9,11-12H,10H2,1H3,(H,18,21)(H,19,20). The predicted molar refractivity (Wildman–Crippen MR) is 87.6 cm³/mol. The minimum Gasteiger partial charge on any atom is -0.349 e. The van der Waals surface area contributed by atoms with Gasteiger partial charge in [0.25, 0.3) is 15.9 Å². The van der Waals surface area contributed by atoms with Crippen LogP contribution in [0.25, 0.3) is 0 Å². The van der Waals surface area contributed by atoms with Crippen molar-refractivity contribution in [3.8, 4) is 0 Å². The molecular formula is C16H17N3O4S. The number of hydrogen-bond donors (Lipinski definition) is 2. The second-order valence-electron chi connectivity index (χ2n) is 5.16. The molecule has 2 amide bonds. The number of sulfonamides is 1. The number of hydrogen-bond acceptors (Lipinski definition) is 5. The molecule has 0 aliphatic heterocycles. The zero-order chi connectivity index (χ0) is 17.6. The average molecular weight is 347 g/mol. The molecule has 0 aliphatic rings. The second kappa shape index (κ2) is 7.69. The van der Waals surface area contributed by atoms with Gasteiger partial charge in [0.1, 0.15) is 4.90 Å². The first-order valence-electron chi connectivity index (χ1n) is 7.20. The predicted octanol–water partition coefficient (Wildman–Crippen LogP) is 1.10. The highest BCUT2D eigenvalue weighted by atomic mass is 32.2. The number of aromatic nitrogens is 1. The van der Waals surface area contributed by atoms with Crippen LogP contribution >= 0.6 is 0 Å². The van der Waals surface area contributed by atoms with Crippen LogP contribution < -0.4 is 10.0 Å². The Hall–Kier alpha value is -2.74. The minimum absolute atomic E-state index is 0.0978. The molecule has 2 rings (SSSR count). The molecule has 0 bridgehead atoms. The monoisotopic (exact) mass is 347 g/mol. The first-order valence-corrected chi connectivity index (χ1v) is 8.68. The molecule has 0 saturated carbocycles. The van der Waals surface area contributed by atoms with E-state index >= 15 is 0 Å². The molecule has 7 nitrogen and oxygen atoms in total. The van der Waals surface area contributed by atoms with Crippen molar-refractivity contribution in [3.63, 3.8) is 0 Å². The van der Waals surface area contributed by atoms with Crippen molar-refractivity contribution in [2.75, 3.05) is 0 Å². The normalized spacial score (nSPS) is 12.2. The number of pyridine rings is 1. The number of rotatable bonds is 6. The summed E-state index contributed by atoms with van der Waals surface area (Å²) in [6.45, 7) is 1.62. The molecule has 126 valence electrons. The lowest BCUT2D eigenvalue weighted by Gasteiger charge is -2.14. The van der Waals surface area contributed by atoms with E-state index in [0.29, 0.717) is 5.56 Å². The number of nitrogens with one attached hydrogen (secondary N) is 2. The van der Waals surface area contributed by atoms with Crippen LogP contribution in [-0.4, -0.2) is 31.3 Å². The SMILES string of the molecule is CC(CC(=O)NS(=O)(=O)c1cccnc1)NC(=O)c1ccccc1. The lowest BCUT2D eigenvalue weighted by atomic mass is 10.2. The smallest absolute Gasteiger partial charge is 0.265 e. The van der Waals surface area contributed by atoms with Gasteiger partial charge in [-0.25, -0.2) is 13.1 Å². The minimum atomic E-state index is -3.96. The zero-order valence-electron chi connectivity index (χ0n) is 13.0. The summed E-state index contributed by atoms with van der Waals surface area (Å²) in [4.78, 5) is 27.5. The summed E-state index contributed by atoms with van der Waals surface area (Å²) in [5.74, 6) is -1.04. The first kappa shape index (κ1) is 17.6. The molecule has 8 heteroatoms. The quantitative estimate of drug-likeness (QED) is 0.814. The molecule has 1 atom stereocenters. The molecule has 1 unspecified atom stereocenters. The molecule has 0 spiro atoms. The first-order chi connectivity index (χ1) is 11.4. The Morgan fingerprint density at radius 1 is 1.12 bits per heavy atom. The largest absolute Gasteiger partial charge is 0.349 e. The van der Waals surface area contributed by atoms with Gasteiger partial charge < -0.3 is 5.32 Å². The van der Waals surface area contributed by atoms with Gasteiger partial charge >= 0.3 is 0 Å². The fraction of sp³-hybridized carbons (Fsp3) is 0.188. The van der Waals surface area contributed by atoms with E-state index in [2.05, 4.69) is 10.3 Å². The van der Waals surface area contributed by atoms with E-state index in [1.54, 1.807) is 37.3 Å². The van der Waals surface area contributed by atoms with E-state index in [1.807, 2.05) is 4.72 Å². The van der Waals surface area contributed by atoms with E-state index in [4.69, 9.17) is 0 Å². The van der Waals surface area contributed by atoms with Crippen molar-refractivity contribution < 1.29 is 18.0 Å². The molecule has 2 N–H and O–H groups in total. The third-order valence-corrected chi connectivity index (χ3v) is 4.46. The molecule has 1 heterocycles. The summed E-state index contributed by atoms with van der Waals surface area (Å²) >= 11 is 0. The van der Waals surface area contributed by atoms with Gasteiger partial charge in [0.15, 0.2) is 0 Å². The van der Waals surface area contributed by atoms with Crippen molar-refractivity contribution in [2.45, 2.75) is 24.3 Å². The molecule has 1 aromatic carbocycles. The van der Waals surface area contributed by atoms with Crippen molar-refractivity contribution >= 4 is 21.8 Å². The molecule has 0 fully saturated rings. The van der Waals surface area contributed by atoms with Gasteiger partial charge in [0.05, 0.1) is 0 Å². The molecule has 2 aromatic rings. The van der Waals surface area contributed by atoms with E-state index in [9.17, 15) is 18.0 Å².